The molecule has 7 nitrogen and oxygen atoms in total. The molecule has 0 aliphatic heterocycles. The van der Waals surface area contributed by atoms with Crippen molar-refractivity contribution in [2.24, 2.45) is 0 Å². The molecule has 0 spiro atoms. The van der Waals surface area contributed by atoms with Crippen LogP contribution in [0.25, 0.3) is 0 Å². The number of nitrogens with zero attached hydrogens (tertiary/aromatic N) is 3. The van der Waals surface area contributed by atoms with Crippen molar-refractivity contribution < 1.29 is 9.53 Å². The predicted octanol–water partition coefficient (Wildman–Crippen LogP) is 2.94. The number of hydrogen-bond donors (Lipinski definition) is 2. The Morgan fingerprint density at radius 1 is 1.04 bits per heavy atom. The summed E-state index contributed by atoms with van der Waals surface area (Å²) in [4.78, 5) is 24.8. The smallest absolute Gasteiger partial charge is 0.254 e. The average molecular weight is 349 g/mol. The highest BCUT2D eigenvalue weighted by Gasteiger charge is 2.10. The van der Waals surface area contributed by atoms with Crippen molar-refractivity contribution >= 4 is 17.5 Å². The van der Waals surface area contributed by atoms with Gasteiger partial charge in [0.05, 0.1) is 12.2 Å². The summed E-state index contributed by atoms with van der Waals surface area (Å²) in [5, 5.41) is 5.89. The highest BCUT2D eigenvalue weighted by molar-refractivity contribution is 5.93. The summed E-state index contributed by atoms with van der Waals surface area (Å²) in [5.74, 6) is 0.690. The van der Waals surface area contributed by atoms with E-state index in [2.05, 4.69) is 25.6 Å². The Bertz CT molecular complexity index is 853. The second kappa shape index (κ2) is 8.57. The SMILES string of the molecule is CCOc1ncccc1CNC(=O)c1cnc(Nc2ccccc2)nc1. The number of pyridine rings is 1. The zero-order chi connectivity index (χ0) is 18.2. The van der Waals surface area contributed by atoms with Crippen molar-refractivity contribution in [3.8, 4) is 5.88 Å². The molecule has 0 aliphatic carbocycles. The van der Waals surface area contributed by atoms with Crippen LogP contribution in [0.2, 0.25) is 0 Å². The standard InChI is InChI=1S/C19H19N5O2/c1-2-26-18-14(7-6-10-20-18)11-21-17(25)15-12-22-19(23-13-15)24-16-8-4-3-5-9-16/h3-10,12-13H,2,11H2,1H3,(H,21,25)(H,22,23,24). The van der Waals surface area contributed by atoms with Crippen LogP contribution in [0.5, 0.6) is 5.88 Å². The third-order valence-corrected chi connectivity index (χ3v) is 3.51. The zero-order valence-corrected chi connectivity index (χ0v) is 14.3. The minimum Gasteiger partial charge on any atom is -0.478 e. The van der Waals surface area contributed by atoms with Crippen molar-refractivity contribution in [2.75, 3.05) is 11.9 Å². The van der Waals surface area contributed by atoms with Gasteiger partial charge in [0.2, 0.25) is 11.8 Å². The van der Waals surface area contributed by atoms with Gasteiger partial charge >= 0.3 is 0 Å². The lowest BCUT2D eigenvalue weighted by Crippen LogP contribution is -2.23. The molecule has 132 valence electrons. The van der Waals surface area contributed by atoms with Gasteiger partial charge in [0.1, 0.15) is 0 Å². The molecule has 2 aromatic heterocycles. The van der Waals surface area contributed by atoms with Crippen molar-refractivity contribution in [1.82, 2.24) is 20.3 Å². The molecule has 7 heteroatoms. The first-order chi connectivity index (χ1) is 12.8. The van der Waals surface area contributed by atoms with Crippen LogP contribution in [-0.2, 0) is 6.54 Å². The number of carbonyl (C=O) groups excluding carboxylic acids is 1. The number of amides is 1. The van der Waals surface area contributed by atoms with Crippen LogP contribution < -0.4 is 15.4 Å². The Hall–Kier alpha value is -3.48. The van der Waals surface area contributed by atoms with E-state index in [1.165, 1.54) is 12.4 Å². The van der Waals surface area contributed by atoms with E-state index in [0.29, 0.717) is 30.5 Å². The van der Waals surface area contributed by atoms with E-state index >= 15 is 0 Å². The van der Waals surface area contributed by atoms with Gasteiger partial charge in [-0.05, 0) is 25.1 Å². The summed E-state index contributed by atoms with van der Waals surface area (Å²) in [7, 11) is 0. The maximum absolute atomic E-state index is 12.3. The maximum Gasteiger partial charge on any atom is 0.254 e. The second-order valence-electron chi connectivity index (χ2n) is 5.37. The van der Waals surface area contributed by atoms with E-state index in [0.717, 1.165) is 11.3 Å². The molecule has 3 aromatic rings. The fourth-order valence-electron chi connectivity index (χ4n) is 2.26. The lowest BCUT2D eigenvalue weighted by molar-refractivity contribution is 0.0950. The van der Waals surface area contributed by atoms with Crippen LogP contribution in [0.15, 0.2) is 61.1 Å². The first-order valence-electron chi connectivity index (χ1n) is 8.25. The molecule has 0 unspecified atom stereocenters. The van der Waals surface area contributed by atoms with Gasteiger partial charge in [-0.25, -0.2) is 15.0 Å². The lowest BCUT2D eigenvalue weighted by atomic mass is 10.2. The Balaban J connectivity index is 1.60. The van der Waals surface area contributed by atoms with Crippen LogP contribution in [0.1, 0.15) is 22.8 Å². The van der Waals surface area contributed by atoms with Crippen LogP contribution in [-0.4, -0.2) is 27.5 Å². The normalized spacial score (nSPS) is 10.2. The molecule has 1 amide bonds. The number of benzene rings is 1. The molecular formula is C19H19N5O2. The topological polar surface area (TPSA) is 89.0 Å². The molecule has 0 radical (unpaired) electrons. The molecule has 2 N–H and O–H groups in total. The van der Waals surface area contributed by atoms with Crippen molar-refractivity contribution in [3.05, 3.63) is 72.2 Å². The minimum atomic E-state index is -0.262. The monoisotopic (exact) mass is 349 g/mol. The quantitative estimate of drug-likeness (QED) is 0.682. The number of rotatable bonds is 7. The fraction of sp³-hybridized carbons (Fsp3) is 0.158. The van der Waals surface area contributed by atoms with Crippen LogP contribution >= 0.6 is 0 Å². The maximum atomic E-state index is 12.3. The first-order valence-corrected chi connectivity index (χ1v) is 8.25. The molecule has 0 saturated heterocycles. The zero-order valence-electron chi connectivity index (χ0n) is 14.3. The van der Waals surface area contributed by atoms with Gasteiger partial charge in [0, 0.05) is 36.4 Å². The summed E-state index contributed by atoms with van der Waals surface area (Å²) in [5.41, 5.74) is 2.07. The number of para-hydroxylation sites is 1. The minimum absolute atomic E-state index is 0.262. The molecule has 0 atom stereocenters. The molecule has 0 fully saturated rings. The Kier molecular flexibility index (Phi) is 5.72. The predicted molar refractivity (Wildman–Crippen MR) is 98.3 cm³/mol. The molecule has 26 heavy (non-hydrogen) atoms. The summed E-state index contributed by atoms with van der Waals surface area (Å²) >= 11 is 0. The third-order valence-electron chi connectivity index (χ3n) is 3.51. The second-order valence-corrected chi connectivity index (χ2v) is 5.37. The molecule has 1 aromatic carbocycles. The van der Waals surface area contributed by atoms with E-state index in [1.54, 1.807) is 12.3 Å². The Morgan fingerprint density at radius 3 is 2.54 bits per heavy atom. The number of hydrogen-bond acceptors (Lipinski definition) is 6. The average Bonchev–Trinajstić information content (AvgIpc) is 2.69. The van der Waals surface area contributed by atoms with E-state index < -0.39 is 0 Å². The highest BCUT2D eigenvalue weighted by atomic mass is 16.5. The lowest BCUT2D eigenvalue weighted by Gasteiger charge is -2.10. The molecule has 3 rings (SSSR count). The first kappa shape index (κ1) is 17.3. The summed E-state index contributed by atoms with van der Waals surface area (Å²) in [6.45, 7) is 2.72. The Labute approximate surface area is 151 Å². The highest BCUT2D eigenvalue weighted by Crippen LogP contribution is 2.14. The van der Waals surface area contributed by atoms with Crippen LogP contribution in [0.3, 0.4) is 0 Å². The van der Waals surface area contributed by atoms with Crippen LogP contribution in [0, 0.1) is 0 Å². The number of anilines is 2. The van der Waals surface area contributed by atoms with Crippen LogP contribution in [0.4, 0.5) is 11.6 Å². The number of aromatic nitrogens is 3. The Morgan fingerprint density at radius 2 is 1.81 bits per heavy atom. The van der Waals surface area contributed by atoms with E-state index in [9.17, 15) is 4.79 Å². The summed E-state index contributed by atoms with van der Waals surface area (Å²) in [6, 6.07) is 13.2. The van der Waals surface area contributed by atoms with Gasteiger partial charge in [-0.1, -0.05) is 24.3 Å². The van der Waals surface area contributed by atoms with Crippen molar-refractivity contribution in [1.29, 1.82) is 0 Å². The fourth-order valence-corrected chi connectivity index (χ4v) is 2.26. The third kappa shape index (κ3) is 4.54. The van der Waals surface area contributed by atoms with Gasteiger partial charge in [-0.15, -0.1) is 0 Å². The van der Waals surface area contributed by atoms with Gasteiger partial charge in [-0.2, -0.15) is 0 Å². The summed E-state index contributed by atoms with van der Waals surface area (Å²) in [6.07, 6.45) is 4.63. The van der Waals surface area contributed by atoms with Gasteiger partial charge < -0.3 is 15.4 Å². The van der Waals surface area contributed by atoms with E-state index in [1.807, 2.05) is 43.3 Å². The number of ether oxygens (including phenoxy) is 1. The van der Waals surface area contributed by atoms with E-state index in [-0.39, 0.29) is 5.91 Å². The molecule has 0 aliphatic rings. The largest absolute Gasteiger partial charge is 0.478 e. The van der Waals surface area contributed by atoms with Crippen molar-refractivity contribution in [3.63, 3.8) is 0 Å². The van der Waals surface area contributed by atoms with Gasteiger partial charge in [0.25, 0.3) is 5.91 Å². The van der Waals surface area contributed by atoms with Crippen molar-refractivity contribution in [2.45, 2.75) is 13.5 Å². The number of carbonyl (C=O) groups is 1. The molecule has 2 heterocycles. The molecular weight excluding hydrogens is 330 g/mol. The number of nitrogens with one attached hydrogen (secondary N) is 2. The van der Waals surface area contributed by atoms with Gasteiger partial charge in [-0.3, -0.25) is 4.79 Å². The molecule has 0 bridgehead atoms. The van der Waals surface area contributed by atoms with Gasteiger partial charge in [0.15, 0.2) is 0 Å². The summed E-state index contributed by atoms with van der Waals surface area (Å²) < 4.78 is 5.45. The molecule has 0 saturated carbocycles. The van der Waals surface area contributed by atoms with E-state index in [4.69, 9.17) is 4.74 Å².